The fourth-order valence-corrected chi connectivity index (χ4v) is 3.42. The van der Waals surface area contributed by atoms with Gasteiger partial charge in [-0.2, -0.15) is 5.10 Å². The van der Waals surface area contributed by atoms with E-state index < -0.39 is 0 Å². The van der Waals surface area contributed by atoms with Gasteiger partial charge in [-0.3, -0.25) is 0 Å². The monoisotopic (exact) mass is 351 g/mol. The third-order valence-electron chi connectivity index (χ3n) is 4.98. The zero-order chi connectivity index (χ0) is 17.5. The van der Waals surface area contributed by atoms with Gasteiger partial charge in [0.2, 0.25) is 5.95 Å². The largest absolute Gasteiger partial charge is 0.495 e. The summed E-state index contributed by atoms with van der Waals surface area (Å²) in [5.74, 6) is 1.94. The van der Waals surface area contributed by atoms with Crippen molar-refractivity contribution in [3.8, 4) is 17.1 Å². The number of ether oxygens (including phenoxy) is 1. The van der Waals surface area contributed by atoms with E-state index in [9.17, 15) is 0 Å². The highest BCUT2D eigenvalue weighted by molar-refractivity contribution is 5.61. The number of hydrogen-bond acceptors (Lipinski definition) is 7. The van der Waals surface area contributed by atoms with Gasteiger partial charge >= 0.3 is 0 Å². The molecule has 1 aliphatic carbocycles. The fourth-order valence-electron chi connectivity index (χ4n) is 3.42. The SMILES string of the molecule is COc1cc2ncc(-c3ccnc(N[C@@H]4CCNC4)n3)n2nc1C1CC1. The fraction of sp³-hybridized carbons (Fsp3) is 0.444. The molecule has 134 valence electrons. The van der Waals surface area contributed by atoms with Crippen molar-refractivity contribution in [2.75, 3.05) is 25.5 Å². The topological polar surface area (TPSA) is 89.3 Å². The molecule has 1 saturated heterocycles. The summed E-state index contributed by atoms with van der Waals surface area (Å²) < 4.78 is 7.37. The summed E-state index contributed by atoms with van der Waals surface area (Å²) in [4.78, 5) is 13.5. The lowest BCUT2D eigenvalue weighted by molar-refractivity contribution is 0.405. The molecule has 3 aromatic heterocycles. The minimum absolute atomic E-state index is 0.372. The normalized spacial score (nSPS) is 19.8. The van der Waals surface area contributed by atoms with E-state index in [0.717, 1.165) is 60.8 Å². The summed E-state index contributed by atoms with van der Waals surface area (Å²) >= 11 is 0. The molecule has 2 N–H and O–H groups in total. The number of aromatic nitrogens is 5. The highest BCUT2D eigenvalue weighted by Crippen LogP contribution is 2.43. The number of nitrogens with one attached hydrogen (secondary N) is 2. The molecule has 4 heterocycles. The first-order valence-corrected chi connectivity index (χ1v) is 9.05. The number of anilines is 1. The van der Waals surface area contributed by atoms with Crippen LogP contribution in [0.3, 0.4) is 0 Å². The molecule has 8 nitrogen and oxygen atoms in total. The van der Waals surface area contributed by atoms with Crippen LogP contribution in [0.1, 0.15) is 30.9 Å². The third-order valence-corrected chi connectivity index (χ3v) is 4.98. The van der Waals surface area contributed by atoms with Crippen LogP contribution in [-0.2, 0) is 0 Å². The van der Waals surface area contributed by atoms with Crippen LogP contribution in [0.2, 0.25) is 0 Å². The van der Waals surface area contributed by atoms with E-state index in [1.807, 2.05) is 22.8 Å². The van der Waals surface area contributed by atoms with Gasteiger partial charge in [0, 0.05) is 30.8 Å². The maximum Gasteiger partial charge on any atom is 0.223 e. The molecule has 0 unspecified atom stereocenters. The number of rotatable bonds is 5. The Hall–Kier alpha value is -2.74. The number of imidazole rings is 1. The Bertz CT molecular complexity index is 944. The molecular formula is C18H21N7O. The van der Waals surface area contributed by atoms with Gasteiger partial charge in [0.25, 0.3) is 0 Å². The highest BCUT2D eigenvalue weighted by atomic mass is 16.5. The van der Waals surface area contributed by atoms with Crippen molar-refractivity contribution in [2.24, 2.45) is 0 Å². The standard InChI is InChI=1S/C18H21N7O/c1-26-15-8-16-21-10-14(25(16)24-17(15)11-2-3-11)13-5-7-20-18(23-13)22-12-4-6-19-9-12/h5,7-8,10-12,19H,2-4,6,9H2,1H3,(H,20,22,23)/t12-/m1/s1. The van der Waals surface area contributed by atoms with E-state index in [-0.39, 0.29) is 0 Å². The lowest BCUT2D eigenvalue weighted by Gasteiger charge is -2.12. The highest BCUT2D eigenvalue weighted by Gasteiger charge is 2.29. The van der Waals surface area contributed by atoms with Crippen molar-refractivity contribution in [3.63, 3.8) is 0 Å². The average molecular weight is 351 g/mol. The Labute approximate surface area is 151 Å². The summed E-state index contributed by atoms with van der Waals surface area (Å²) in [5, 5.41) is 11.5. The number of nitrogens with zero attached hydrogens (tertiary/aromatic N) is 5. The van der Waals surface area contributed by atoms with Crippen LogP contribution in [0.5, 0.6) is 5.75 Å². The minimum Gasteiger partial charge on any atom is -0.495 e. The second kappa shape index (κ2) is 6.21. The Morgan fingerprint density at radius 3 is 2.96 bits per heavy atom. The zero-order valence-electron chi connectivity index (χ0n) is 14.6. The van der Waals surface area contributed by atoms with E-state index in [4.69, 9.17) is 9.84 Å². The second-order valence-corrected chi connectivity index (χ2v) is 6.89. The van der Waals surface area contributed by atoms with Gasteiger partial charge in [-0.25, -0.2) is 19.5 Å². The Balaban J connectivity index is 1.53. The van der Waals surface area contributed by atoms with Crippen molar-refractivity contribution in [1.82, 2.24) is 29.9 Å². The van der Waals surface area contributed by atoms with Crippen molar-refractivity contribution >= 4 is 11.6 Å². The summed E-state index contributed by atoms with van der Waals surface area (Å²) in [6.07, 6.45) is 6.99. The van der Waals surface area contributed by atoms with Crippen molar-refractivity contribution in [3.05, 3.63) is 30.2 Å². The van der Waals surface area contributed by atoms with Gasteiger partial charge in [-0.15, -0.1) is 0 Å². The first-order valence-electron chi connectivity index (χ1n) is 9.05. The zero-order valence-corrected chi connectivity index (χ0v) is 14.6. The third kappa shape index (κ3) is 2.76. The molecule has 5 rings (SSSR count). The quantitative estimate of drug-likeness (QED) is 0.725. The van der Waals surface area contributed by atoms with Crippen LogP contribution in [0.15, 0.2) is 24.5 Å². The summed E-state index contributed by atoms with van der Waals surface area (Å²) in [6, 6.07) is 4.22. The number of methoxy groups -OCH3 is 1. The molecule has 0 radical (unpaired) electrons. The molecule has 2 aliphatic rings. The first-order chi connectivity index (χ1) is 12.8. The van der Waals surface area contributed by atoms with Crippen LogP contribution in [0, 0.1) is 0 Å². The molecule has 1 aliphatic heterocycles. The maximum atomic E-state index is 5.51. The molecule has 0 amide bonds. The van der Waals surface area contributed by atoms with E-state index in [0.29, 0.717) is 17.9 Å². The lowest BCUT2D eigenvalue weighted by atomic mass is 10.2. The van der Waals surface area contributed by atoms with Crippen LogP contribution >= 0.6 is 0 Å². The van der Waals surface area contributed by atoms with Crippen LogP contribution in [0.4, 0.5) is 5.95 Å². The van der Waals surface area contributed by atoms with Gasteiger partial charge < -0.3 is 15.4 Å². The van der Waals surface area contributed by atoms with E-state index >= 15 is 0 Å². The minimum atomic E-state index is 0.372. The van der Waals surface area contributed by atoms with E-state index in [1.165, 1.54) is 0 Å². The molecule has 0 spiro atoms. The van der Waals surface area contributed by atoms with Gasteiger partial charge in [-0.1, -0.05) is 0 Å². The predicted molar refractivity (Wildman–Crippen MR) is 97.4 cm³/mol. The summed E-state index contributed by atoms with van der Waals surface area (Å²) in [5.41, 5.74) is 3.43. The van der Waals surface area contributed by atoms with Gasteiger partial charge in [0.05, 0.1) is 19.0 Å². The molecule has 1 atom stereocenters. The van der Waals surface area contributed by atoms with E-state index in [1.54, 1.807) is 13.3 Å². The van der Waals surface area contributed by atoms with Gasteiger partial charge in [-0.05, 0) is 31.9 Å². The van der Waals surface area contributed by atoms with Gasteiger partial charge in [0.1, 0.15) is 17.1 Å². The second-order valence-electron chi connectivity index (χ2n) is 6.89. The molecule has 8 heteroatoms. The lowest BCUT2D eigenvalue weighted by Crippen LogP contribution is -2.23. The number of hydrogen-bond donors (Lipinski definition) is 2. The van der Waals surface area contributed by atoms with Gasteiger partial charge in [0.15, 0.2) is 5.65 Å². The Morgan fingerprint density at radius 2 is 2.19 bits per heavy atom. The summed E-state index contributed by atoms with van der Waals surface area (Å²) in [6.45, 7) is 1.97. The smallest absolute Gasteiger partial charge is 0.223 e. The molecule has 3 aromatic rings. The molecule has 1 saturated carbocycles. The maximum absolute atomic E-state index is 5.51. The molecule has 0 bridgehead atoms. The first kappa shape index (κ1) is 15.5. The van der Waals surface area contributed by atoms with Crippen molar-refractivity contribution in [2.45, 2.75) is 31.2 Å². The van der Waals surface area contributed by atoms with Crippen LogP contribution < -0.4 is 15.4 Å². The summed E-state index contributed by atoms with van der Waals surface area (Å²) in [7, 11) is 1.68. The van der Waals surface area contributed by atoms with Crippen molar-refractivity contribution in [1.29, 1.82) is 0 Å². The van der Waals surface area contributed by atoms with E-state index in [2.05, 4.69) is 25.6 Å². The molecule has 2 fully saturated rings. The van der Waals surface area contributed by atoms with Crippen molar-refractivity contribution < 1.29 is 4.74 Å². The Kier molecular flexibility index (Phi) is 3.70. The molecule has 0 aromatic carbocycles. The number of fused-ring (bicyclic) bond motifs is 1. The van der Waals surface area contributed by atoms with Crippen LogP contribution in [-0.4, -0.2) is 50.8 Å². The molecular weight excluding hydrogens is 330 g/mol. The predicted octanol–water partition coefficient (Wildman–Crippen LogP) is 1.85. The van der Waals surface area contributed by atoms with Crippen LogP contribution in [0.25, 0.3) is 17.0 Å². The Morgan fingerprint density at radius 1 is 1.27 bits per heavy atom. The molecule has 26 heavy (non-hydrogen) atoms. The average Bonchev–Trinajstić information content (AvgIpc) is 3.23.